The number of rotatable bonds is 9. The normalized spacial score (nSPS) is 11.5. The molecule has 0 amide bonds. The molecule has 3 aromatic rings. The number of benzene rings is 1. The summed E-state index contributed by atoms with van der Waals surface area (Å²) in [5.74, 6) is 1.80. The maximum atomic E-state index is 5.38. The monoisotopic (exact) mass is 365 g/mol. The maximum Gasteiger partial charge on any atom is 0.191 e. The second-order valence-corrected chi connectivity index (χ2v) is 6.32. The molecular weight excluding hydrogens is 338 g/mol. The summed E-state index contributed by atoms with van der Waals surface area (Å²) in [5.41, 5.74) is 2.44. The molecule has 27 heavy (non-hydrogen) atoms. The van der Waals surface area contributed by atoms with Gasteiger partial charge in [-0.15, -0.1) is 0 Å². The summed E-state index contributed by atoms with van der Waals surface area (Å²) < 4.78 is 7.31. The Morgan fingerprint density at radius 2 is 1.93 bits per heavy atom. The molecule has 0 aliphatic carbocycles. The zero-order valence-electron chi connectivity index (χ0n) is 15.8. The Morgan fingerprint density at radius 3 is 2.67 bits per heavy atom. The Bertz CT molecular complexity index is 809. The van der Waals surface area contributed by atoms with E-state index in [1.165, 1.54) is 11.1 Å². The van der Waals surface area contributed by atoms with Gasteiger partial charge in [0.05, 0.1) is 19.4 Å². The Kier molecular flexibility index (Phi) is 7.09. The van der Waals surface area contributed by atoms with E-state index in [2.05, 4.69) is 46.9 Å². The molecule has 0 aliphatic rings. The van der Waals surface area contributed by atoms with Gasteiger partial charge in [-0.05, 0) is 35.7 Å². The fourth-order valence-corrected chi connectivity index (χ4v) is 2.78. The summed E-state index contributed by atoms with van der Waals surface area (Å²) in [4.78, 5) is 4.77. The molecule has 0 radical (unpaired) electrons. The lowest BCUT2D eigenvalue weighted by atomic mass is 10.1. The number of nitrogens with one attached hydrogen (secondary N) is 2. The standard InChI is InChI=1S/C21H27N5O/c1-2-11-22-21(23-13-10-20-9-5-15-27-20)24-16-18-7-3-4-8-19(18)17-26-14-6-12-25-26/h3-9,12,14-15H,2,10-11,13,16-17H2,1H3,(H2,22,23,24). The van der Waals surface area contributed by atoms with Gasteiger partial charge in [0.15, 0.2) is 5.96 Å². The van der Waals surface area contributed by atoms with E-state index in [0.717, 1.165) is 44.2 Å². The van der Waals surface area contributed by atoms with Crippen LogP contribution in [0.5, 0.6) is 0 Å². The highest BCUT2D eigenvalue weighted by atomic mass is 16.3. The molecule has 6 nitrogen and oxygen atoms in total. The highest BCUT2D eigenvalue weighted by molar-refractivity contribution is 5.79. The molecule has 6 heteroatoms. The van der Waals surface area contributed by atoms with Gasteiger partial charge in [-0.2, -0.15) is 5.10 Å². The number of aliphatic imine (C=N–C) groups is 1. The van der Waals surface area contributed by atoms with Crippen LogP contribution < -0.4 is 10.6 Å². The highest BCUT2D eigenvalue weighted by Gasteiger charge is 2.04. The van der Waals surface area contributed by atoms with Crippen LogP contribution in [0.1, 0.15) is 30.2 Å². The predicted octanol–water partition coefficient (Wildman–Crippen LogP) is 3.21. The maximum absolute atomic E-state index is 5.38. The van der Waals surface area contributed by atoms with Crippen molar-refractivity contribution < 1.29 is 4.42 Å². The molecule has 0 atom stereocenters. The number of hydrogen-bond donors (Lipinski definition) is 2. The zero-order valence-corrected chi connectivity index (χ0v) is 15.8. The van der Waals surface area contributed by atoms with E-state index in [-0.39, 0.29) is 0 Å². The average Bonchev–Trinajstić information content (AvgIpc) is 3.39. The SMILES string of the molecule is CCCNC(=NCc1ccccc1Cn1cccn1)NCCc1ccco1. The third kappa shape index (κ3) is 6.02. The number of hydrogen-bond acceptors (Lipinski definition) is 3. The number of guanidine groups is 1. The van der Waals surface area contributed by atoms with Gasteiger partial charge in [-0.25, -0.2) is 4.99 Å². The molecule has 0 spiro atoms. The summed E-state index contributed by atoms with van der Waals surface area (Å²) in [7, 11) is 0. The van der Waals surface area contributed by atoms with Gasteiger partial charge < -0.3 is 15.1 Å². The van der Waals surface area contributed by atoms with Crippen LogP contribution in [0.25, 0.3) is 0 Å². The molecule has 142 valence electrons. The fourth-order valence-electron chi connectivity index (χ4n) is 2.78. The van der Waals surface area contributed by atoms with Gasteiger partial charge in [-0.1, -0.05) is 31.2 Å². The van der Waals surface area contributed by atoms with Crippen molar-refractivity contribution in [1.29, 1.82) is 0 Å². The first-order chi connectivity index (χ1) is 13.3. The predicted molar refractivity (Wildman–Crippen MR) is 108 cm³/mol. The Hall–Kier alpha value is -3.02. The smallest absolute Gasteiger partial charge is 0.191 e. The molecule has 3 rings (SSSR count). The van der Waals surface area contributed by atoms with Crippen molar-refractivity contribution >= 4 is 5.96 Å². The highest BCUT2D eigenvalue weighted by Crippen LogP contribution is 2.11. The van der Waals surface area contributed by atoms with E-state index in [1.807, 2.05) is 29.1 Å². The first kappa shape index (κ1) is 18.8. The molecule has 0 saturated carbocycles. The van der Waals surface area contributed by atoms with E-state index < -0.39 is 0 Å². The molecule has 0 fully saturated rings. The largest absolute Gasteiger partial charge is 0.469 e. The van der Waals surface area contributed by atoms with Gasteiger partial charge in [0.25, 0.3) is 0 Å². The van der Waals surface area contributed by atoms with Gasteiger partial charge >= 0.3 is 0 Å². The summed E-state index contributed by atoms with van der Waals surface area (Å²) in [5, 5.41) is 11.1. The summed E-state index contributed by atoms with van der Waals surface area (Å²) >= 11 is 0. The second-order valence-electron chi connectivity index (χ2n) is 6.32. The third-order valence-corrected chi connectivity index (χ3v) is 4.20. The van der Waals surface area contributed by atoms with E-state index in [1.54, 1.807) is 12.5 Å². The van der Waals surface area contributed by atoms with Crippen molar-refractivity contribution in [3.63, 3.8) is 0 Å². The van der Waals surface area contributed by atoms with Crippen molar-refractivity contribution in [2.24, 2.45) is 4.99 Å². The Morgan fingerprint density at radius 1 is 1.07 bits per heavy atom. The minimum Gasteiger partial charge on any atom is -0.469 e. The van der Waals surface area contributed by atoms with E-state index in [4.69, 9.17) is 9.41 Å². The van der Waals surface area contributed by atoms with Crippen LogP contribution in [0.2, 0.25) is 0 Å². The van der Waals surface area contributed by atoms with E-state index in [9.17, 15) is 0 Å². The van der Waals surface area contributed by atoms with Crippen LogP contribution >= 0.6 is 0 Å². The quantitative estimate of drug-likeness (QED) is 0.451. The number of aromatic nitrogens is 2. The van der Waals surface area contributed by atoms with Crippen molar-refractivity contribution in [1.82, 2.24) is 20.4 Å². The molecule has 0 aliphatic heterocycles. The van der Waals surface area contributed by atoms with Gasteiger partial charge in [0.2, 0.25) is 0 Å². The molecular formula is C21H27N5O. The summed E-state index contributed by atoms with van der Waals surface area (Å²) in [6.45, 7) is 5.19. The minimum atomic E-state index is 0.622. The molecule has 2 N–H and O–H groups in total. The molecule has 1 aromatic carbocycles. The average molecular weight is 365 g/mol. The lowest BCUT2D eigenvalue weighted by Gasteiger charge is -2.13. The van der Waals surface area contributed by atoms with Crippen LogP contribution in [0, 0.1) is 0 Å². The number of furan rings is 1. The van der Waals surface area contributed by atoms with E-state index in [0.29, 0.717) is 6.54 Å². The topological polar surface area (TPSA) is 67.4 Å². The van der Waals surface area contributed by atoms with Crippen LogP contribution in [0.3, 0.4) is 0 Å². The summed E-state index contributed by atoms with van der Waals surface area (Å²) in [6, 6.07) is 14.2. The lowest BCUT2D eigenvalue weighted by molar-refractivity contribution is 0.506. The first-order valence-electron chi connectivity index (χ1n) is 9.44. The molecule has 0 saturated heterocycles. The van der Waals surface area contributed by atoms with Crippen LogP contribution in [0.15, 0.2) is 70.5 Å². The van der Waals surface area contributed by atoms with Crippen LogP contribution in [0.4, 0.5) is 0 Å². The van der Waals surface area contributed by atoms with E-state index >= 15 is 0 Å². The molecule has 0 bridgehead atoms. The second kappa shape index (κ2) is 10.2. The van der Waals surface area contributed by atoms with Gasteiger partial charge in [0, 0.05) is 31.9 Å². The Labute approximate surface area is 160 Å². The van der Waals surface area contributed by atoms with Crippen LogP contribution in [-0.4, -0.2) is 28.8 Å². The first-order valence-corrected chi connectivity index (χ1v) is 9.44. The van der Waals surface area contributed by atoms with Crippen LogP contribution in [-0.2, 0) is 19.5 Å². The van der Waals surface area contributed by atoms with Gasteiger partial charge in [-0.3, -0.25) is 4.68 Å². The van der Waals surface area contributed by atoms with Gasteiger partial charge in [0.1, 0.15) is 5.76 Å². The Balaban J connectivity index is 1.62. The van der Waals surface area contributed by atoms with Crippen molar-refractivity contribution in [3.8, 4) is 0 Å². The molecule has 2 heterocycles. The van der Waals surface area contributed by atoms with Crippen molar-refractivity contribution in [3.05, 3.63) is 78.0 Å². The van der Waals surface area contributed by atoms with Crippen molar-refractivity contribution in [2.75, 3.05) is 13.1 Å². The molecule has 0 unspecified atom stereocenters. The molecule has 2 aromatic heterocycles. The zero-order chi connectivity index (χ0) is 18.7. The third-order valence-electron chi connectivity index (χ3n) is 4.20. The lowest BCUT2D eigenvalue weighted by Crippen LogP contribution is -2.38. The minimum absolute atomic E-state index is 0.622. The summed E-state index contributed by atoms with van der Waals surface area (Å²) in [6.07, 6.45) is 7.36. The fraction of sp³-hybridized carbons (Fsp3) is 0.333. The number of nitrogens with zero attached hydrogens (tertiary/aromatic N) is 3. The van der Waals surface area contributed by atoms with Crippen molar-refractivity contribution in [2.45, 2.75) is 32.9 Å².